The zero-order chi connectivity index (χ0) is 66.7. The highest BCUT2D eigenvalue weighted by Crippen LogP contribution is 2.63. The maximum absolute atomic E-state index is 14.4. The van der Waals surface area contributed by atoms with Crippen molar-refractivity contribution in [3.05, 3.63) is 63.9 Å². The van der Waals surface area contributed by atoms with Crippen molar-refractivity contribution in [2.75, 3.05) is 13.2 Å². The topological polar surface area (TPSA) is 460 Å². The third-order valence-corrected chi connectivity index (χ3v) is 21.7. The number of hydrogen-bond acceptors (Lipinski definition) is 18. The van der Waals surface area contributed by atoms with Gasteiger partial charge in [-0.3, -0.25) is 57.6 Å². The van der Waals surface area contributed by atoms with Crippen molar-refractivity contribution in [3.8, 4) is 0 Å². The summed E-state index contributed by atoms with van der Waals surface area (Å²) in [4.78, 5) is 126. The number of allylic oxidation sites excluding steroid dienone is 6. The van der Waals surface area contributed by atoms with Gasteiger partial charge in [-0.15, -0.1) is 0 Å². The summed E-state index contributed by atoms with van der Waals surface area (Å²) < 4.78 is 32.3. The Balaban J connectivity index is 1.19. The Morgan fingerprint density at radius 1 is 0.800 bits per heavy atom. The number of primary amides is 6. The molecule has 17 N–H and O–H groups in total. The number of amides is 7. The van der Waals surface area contributed by atoms with Crippen molar-refractivity contribution < 1.29 is 67.0 Å². The number of benzene rings is 1. The summed E-state index contributed by atoms with van der Waals surface area (Å²) in [5, 5.41) is 28.2. The van der Waals surface area contributed by atoms with Crippen LogP contribution in [0.25, 0.3) is 11.0 Å². The lowest BCUT2D eigenvalue weighted by atomic mass is 9.55. The number of nitrogens with zero attached hydrogens (tertiary/aromatic N) is 5. The number of nitrogens with one attached hydrogen (secondary N) is 2. The molecule has 2 aromatic rings. The monoisotopic (exact) mass is 1270 g/mol. The van der Waals surface area contributed by atoms with Crippen molar-refractivity contribution in [3.63, 3.8) is 0 Å². The third kappa shape index (κ3) is 13.0. The van der Waals surface area contributed by atoms with E-state index in [2.05, 4.69) is 15.6 Å². The van der Waals surface area contributed by atoms with E-state index < -0.39 is 143 Å². The van der Waals surface area contributed by atoms with Gasteiger partial charge in [0.25, 0.3) is 0 Å². The van der Waals surface area contributed by atoms with Gasteiger partial charge in [-0.1, -0.05) is 34.6 Å². The highest BCUT2D eigenvalue weighted by atomic mass is 31.2. The zero-order valence-electron chi connectivity index (χ0n) is 53.3. The highest BCUT2D eigenvalue weighted by molar-refractivity contribution is 7.47. The molecule has 90 heavy (non-hydrogen) atoms. The highest BCUT2D eigenvalue weighted by Gasteiger charge is 2.66. The van der Waals surface area contributed by atoms with E-state index in [0.717, 1.165) is 11.1 Å². The van der Waals surface area contributed by atoms with Crippen LogP contribution in [-0.2, 0) is 51.9 Å². The van der Waals surface area contributed by atoms with Crippen LogP contribution in [0, 0.1) is 59.2 Å². The fourth-order valence-electron chi connectivity index (χ4n) is 15.4. The first-order valence-corrected chi connectivity index (χ1v) is 32.1. The second kappa shape index (κ2) is 25.6. The van der Waals surface area contributed by atoms with Gasteiger partial charge in [0, 0.05) is 131 Å². The molecule has 2 fully saturated rings. The average molecular weight is 1270 g/mol. The fourth-order valence-corrected chi connectivity index (χ4v) is 16.6. The third-order valence-electron chi connectivity index (χ3n) is 20.6. The Morgan fingerprint density at radius 2 is 1.40 bits per heavy atom. The summed E-state index contributed by atoms with van der Waals surface area (Å²) in [6.07, 6.45) is -4.26. The molecule has 27 nitrogen and oxygen atoms in total. The first-order valence-electron chi connectivity index (χ1n) is 30.6. The van der Waals surface area contributed by atoms with Crippen LogP contribution in [0.3, 0.4) is 0 Å². The molecule has 0 spiro atoms. The second-order valence-electron chi connectivity index (χ2n) is 27.1. The quantitative estimate of drug-likeness (QED) is 0.0603. The molecule has 0 saturated carbocycles. The molecule has 11 unspecified atom stereocenters. The Bertz CT molecular complexity index is 3540. The molecule has 1 aromatic carbocycles. The molecule has 1 aromatic heterocycles. The summed E-state index contributed by atoms with van der Waals surface area (Å²) in [5.74, 6) is -7.18. The van der Waals surface area contributed by atoms with Gasteiger partial charge >= 0.3 is 7.82 Å². The largest absolute Gasteiger partial charge is 0.472 e. The van der Waals surface area contributed by atoms with Crippen LogP contribution >= 0.6 is 7.82 Å². The molecular formula is C62H90N13O14P. The molecule has 8 rings (SSSR count). The van der Waals surface area contributed by atoms with E-state index >= 15 is 0 Å². The van der Waals surface area contributed by atoms with Crippen LogP contribution in [0.4, 0.5) is 0 Å². The number of aryl methyl sites for hydroxylation is 2. The van der Waals surface area contributed by atoms with Crippen LogP contribution in [0.2, 0.25) is 0 Å². The van der Waals surface area contributed by atoms with Gasteiger partial charge in [0.2, 0.25) is 41.4 Å². The lowest BCUT2D eigenvalue weighted by Crippen LogP contribution is -2.56. The van der Waals surface area contributed by atoms with E-state index in [1.165, 1.54) is 13.3 Å². The summed E-state index contributed by atoms with van der Waals surface area (Å²) in [5.41, 5.74) is 37.4. The van der Waals surface area contributed by atoms with Crippen molar-refractivity contribution in [1.82, 2.24) is 20.2 Å². The number of carbonyl (C=O) groups is 7. The van der Waals surface area contributed by atoms with E-state index in [4.69, 9.17) is 63.2 Å². The van der Waals surface area contributed by atoms with Crippen LogP contribution < -0.4 is 45.0 Å². The van der Waals surface area contributed by atoms with E-state index in [9.17, 15) is 53.2 Å². The van der Waals surface area contributed by atoms with Crippen LogP contribution in [-0.4, -0.2) is 132 Å². The van der Waals surface area contributed by atoms with Gasteiger partial charge in [-0.2, -0.15) is 0 Å². The van der Waals surface area contributed by atoms with Gasteiger partial charge in [0.15, 0.2) is 6.23 Å². The molecule has 7 amide bonds. The van der Waals surface area contributed by atoms with Gasteiger partial charge in [0.05, 0.1) is 41.7 Å². The number of carbonyl (C=O) groups excluding carboxylic acids is 7. The van der Waals surface area contributed by atoms with E-state index in [1.807, 2.05) is 87.4 Å². The van der Waals surface area contributed by atoms with Gasteiger partial charge < -0.3 is 69.4 Å². The van der Waals surface area contributed by atoms with Crippen LogP contribution in [0.1, 0.15) is 150 Å². The van der Waals surface area contributed by atoms with Crippen molar-refractivity contribution in [2.45, 2.75) is 189 Å². The molecule has 2 saturated heterocycles. The Hall–Kier alpha value is -7.00. The van der Waals surface area contributed by atoms with E-state index in [0.29, 0.717) is 56.4 Å². The van der Waals surface area contributed by atoms with E-state index in [-0.39, 0.29) is 77.2 Å². The molecular weight excluding hydrogens is 1180 g/mol. The molecule has 8 bridgehead atoms. The lowest BCUT2D eigenvalue weighted by Gasteiger charge is -2.48. The zero-order valence-corrected chi connectivity index (χ0v) is 54.1. The molecule has 7 heterocycles. The molecule has 0 radical (unpaired) electrons. The summed E-state index contributed by atoms with van der Waals surface area (Å²) in [7, 11) is -5.07. The number of phosphoric ester groups is 1. The maximum Gasteiger partial charge on any atom is 0.472 e. The molecule has 15 atom stereocenters. The van der Waals surface area contributed by atoms with Crippen LogP contribution in [0.15, 0.2) is 67.8 Å². The van der Waals surface area contributed by atoms with Crippen molar-refractivity contribution >= 4 is 77.3 Å². The van der Waals surface area contributed by atoms with Gasteiger partial charge in [0.1, 0.15) is 18.3 Å². The number of phosphoric acid groups is 1. The van der Waals surface area contributed by atoms with E-state index in [1.54, 1.807) is 4.57 Å². The number of ether oxygens (including phenoxy) is 1. The molecule has 492 valence electrons. The summed E-state index contributed by atoms with van der Waals surface area (Å²) in [6, 6.07) is 2.70. The van der Waals surface area contributed by atoms with Crippen molar-refractivity contribution in [2.24, 2.45) is 94.7 Å². The second-order valence-corrected chi connectivity index (χ2v) is 28.4. The minimum atomic E-state index is -5.07. The predicted octanol–water partition coefficient (Wildman–Crippen LogP) is 3.16. The summed E-state index contributed by atoms with van der Waals surface area (Å²) in [6.45, 7) is 19.3. The number of fused-ring (bicyclic) bond motifs is 7. The molecule has 0 aliphatic carbocycles. The number of rotatable bonds is 26. The fraction of sp³-hybridized carbons (Fsp3) is 0.629. The number of aliphatic hydroxyl groups is 2. The standard InChI is InChI=1S/C62H90N13O14P/c1-29-20-39-40(21-30(29)2)75(28-70-39)57-52(84)53(41(27-76)87-57)89-90(85,86)88-31(3)26-69-49(83)18-19-59(8)37(22-46(66)80)56-62(11)61(10,25-48(68)82)36(14-17-45(65)79)51(74-62)33(5)55-60(9,24-47(67)81)34(12-15-43(63)77)38(71-55)23-42-58(6,7)35(13-16-44(64)78)50(72-42)32(4)54(59)73-56/h20-21,23,28,31,34-37,41,52-53,56-57,71,76,84H,12-19,22,24-27H2,1-11H3,(H2,63,77)(H2,64,78)(H2,65,79)(H2,66,80)(H2,67,81)(H2,68,82)(H,69,83)(H,85,86)/t31?,34?,35?,36?,37?,41?,52?,53?,56?,57?,59-,60+,61+,62+/m1/s1. The number of aromatic nitrogens is 2. The molecule has 6 aliphatic heterocycles. The normalized spacial score (nSPS) is 32.0. The lowest BCUT2D eigenvalue weighted by molar-refractivity contribution is -0.124. The predicted molar refractivity (Wildman–Crippen MR) is 334 cm³/mol. The minimum Gasteiger partial charge on any atom is -0.394 e. The Morgan fingerprint density at radius 3 is 1.99 bits per heavy atom. The van der Waals surface area contributed by atoms with Crippen molar-refractivity contribution in [1.29, 1.82) is 0 Å². The first kappa shape index (κ1) is 68.9. The number of nitrogens with two attached hydrogens (primary N) is 6. The van der Waals surface area contributed by atoms with Gasteiger partial charge in [-0.05, 0) is 108 Å². The minimum absolute atomic E-state index is 0.0114. The SMILES string of the molecule is CC1=C2N=C(C=C3NC(=C(C)C4=N[C@@](C)(C5N=C1[C@](C)(CCC(=O)NCC(C)OP(=O)(O)OC1C(CO)OC(n6cnc7cc(C)c(C)cc76)C1O)C5CC(N)=O)[C@@](C)(CC(N)=O)C4CCC(N)=O)[C@@](C)(CC(N)=O)C3CCC(N)=O)C(C)(C)C2CCC(N)=O. The Labute approximate surface area is 523 Å². The Kier molecular flexibility index (Phi) is 19.6. The maximum atomic E-state index is 14.4. The summed E-state index contributed by atoms with van der Waals surface area (Å²) >= 11 is 0. The number of aliphatic imine (C=N–C) groups is 3. The number of hydrogen-bond donors (Lipinski definition) is 11. The molecule has 28 heteroatoms. The number of imidazole rings is 1. The van der Waals surface area contributed by atoms with Gasteiger partial charge in [-0.25, -0.2) is 9.55 Å². The average Bonchev–Trinajstić information content (AvgIpc) is 1.53. The number of aliphatic hydroxyl groups excluding tert-OH is 2. The first-order chi connectivity index (χ1) is 41.8. The molecule has 6 aliphatic rings. The smallest absolute Gasteiger partial charge is 0.394 e. The van der Waals surface area contributed by atoms with Crippen LogP contribution in [0.5, 0.6) is 0 Å².